The van der Waals surface area contributed by atoms with E-state index in [0.29, 0.717) is 25.2 Å². The molecule has 0 radical (unpaired) electrons. The zero-order valence-corrected chi connectivity index (χ0v) is 20.4. The summed E-state index contributed by atoms with van der Waals surface area (Å²) in [5.74, 6) is -0.942. The molecule has 0 aromatic carbocycles. The minimum absolute atomic E-state index is 0.194. The van der Waals surface area contributed by atoms with Crippen molar-refractivity contribution in [2.24, 2.45) is 28.4 Å². The van der Waals surface area contributed by atoms with Gasteiger partial charge in [0.2, 0.25) is 5.91 Å². The fourth-order valence-corrected chi connectivity index (χ4v) is 5.10. The topological polar surface area (TPSA) is 108 Å². The van der Waals surface area contributed by atoms with Crippen LogP contribution in [0, 0.1) is 22.7 Å². The van der Waals surface area contributed by atoms with Gasteiger partial charge in [0.25, 0.3) is 0 Å². The fourth-order valence-electron chi connectivity index (χ4n) is 5.10. The third-order valence-electron chi connectivity index (χ3n) is 7.65. The van der Waals surface area contributed by atoms with Crippen LogP contribution in [0.25, 0.3) is 0 Å². The molecule has 0 aromatic rings. The highest BCUT2D eigenvalue weighted by molar-refractivity contribution is 5.88. The van der Waals surface area contributed by atoms with Crippen LogP contribution in [-0.2, 0) is 23.9 Å². The minimum atomic E-state index is -0.775. The molecule has 7 heteroatoms. The number of rotatable bonds is 6. The second-order valence-corrected chi connectivity index (χ2v) is 11.2. The van der Waals surface area contributed by atoms with E-state index in [1.54, 1.807) is 0 Å². The van der Waals surface area contributed by atoms with Crippen LogP contribution in [0.3, 0.4) is 0 Å². The summed E-state index contributed by atoms with van der Waals surface area (Å²) in [6.07, 6.45) is 5.48. The number of hydrogen-bond donors (Lipinski definition) is 2. The van der Waals surface area contributed by atoms with E-state index in [9.17, 15) is 14.4 Å². The molecule has 7 nitrogen and oxygen atoms in total. The summed E-state index contributed by atoms with van der Waals surface area (Å²) in [5.41, 5.74) is 4.02. The Labute approximate surface area is 187 Å². The summed E-state index contributed by atoms with van der Waals surface area (Å²) in [6.45, 7) is 11.3. The zero-order chi connectivity index (χ0) is 23.6. The highest BCUT2D eigenvalue weighted by atomic mass is 16.6. The first-order valence-corrected chi connectivity index (χ1v) is 11.6. The maximum Gasteiger partial charge on any atom is 0.328 e. The van der Waals surface area contributed by atoms with Gasteiger partial charge < -0.3 is 20.5 Å². The molecule has 3 atom stereocenters. The van der Waals surface area contributed by atoms with Crippen LogP contribution in [0.1, 0.15) is 86.5 Å². The van der Waals surface area contributed by atoms with Gasteiger partial charge in [-0.1, -0.05) is 13.8 Å². The quantitative estimate of drug-likeness (QED) is 0.616. The molecule has 0 saturated heterocycles. The first-order valence-electron chi connectivity index (χ1n) is 11.6. The Morgan fingerprint density at radius 1 is 1.06 bits per heavy atom. The van der Waals surface area contributed by atoms with Crippen LogP contribution in [-0.4, -0.2) is 42.6 Å². The maximum absolute atomic E-state index is 13.3. The summed E-state index contributed by atoms with van der Waals surface area (Å²) in [4.78, 5) is 38.7. The highest BCUT2D eigenvalue weighted by Crippen LogP contribution is 2.57. The molecule has 3 N–H and O–H groups in total. The van der Waals surface area contributed by atoms with Crippen molar-refractivity contribution in [1.29, 1.82) is 0 Å². The smallest absolute Gasteiger partial charge is 0.328 e. The number of ether oxygens (including phenoxy) is 2. The highest BCUT2D eigenvalue weighted by Gasteiger charge is 2.59. The Balaban J connectivity index is 2.11. The Morgan fingerprint density at radius 2 is 1.65 bits per heavy atom. The molecule has 31 heavy (non-hydrogen) atoms. The Kier molecular flexibility index (Phi) is 7.83. The summed E-state index contributed by atoms with van der Waals surface area (Å²) >= 11 is 0. The minimum Gasteiger partial charge on any atom is -0.467 e. The molecule has 0 bridgehead atoms. The predicted molar refractivity (Wildman–Crippen MR) is 119 cm³/mol. The Bertz CT molecular complexity index is 676. The van der Waals surface area contributed by atoms with Crippen molar-refractivity contribution >= 4 is 17.8 Å². The predicted octanol–water partition coefficient (Wildman–Crippen LogP) is 3.34. The van der Waals surface area contributed by atoms with Crippen molar-refractivity contribution in [2.45, 2.75) is 104 Å². The zero-order valence-electron chi connectivity index (χ0n) is 20.4. The number of carbonyl (C=O) groups excluding carboxylic acids is 3. The normalized spacial score (nSPS) is 31.5. The molecule has 2 saturated carbocycles. The molecule has 2 aliphatic rings. The largest absolute Gasteiger partial charge is 0.467 e. The third-order valence-corrected chi connectivity index (χ3v) is 7.65. The fraction of sp³-hybridized carbons (Fsp3) is 0.875. The van der Waals surface area contributed by atoms with Gasteiger partial charge in [-0.15, -0.1) is 0 Å². The second-order valence-electron chi connectivity index (χ2n) is 11.2. The summed E-state index contributed by atoms with van der Waals surface area (Å²) in [5, 5.41) is 2.95. The van der Waals surface area contributed by atoms with Crippen LogP contribution in [0.4, 0.5) is 0 Å². The second kappa shape index (κ2) is 9.47. The molecule has 2 aliphatic carbocycles. The van der Waals surface area contributed by atoms with E-state index in [2.05, 4.69) is 5.32 Å². The number of hydrogen-bond acceptors (Lipinski definition) is 6. The van der Waals surface area contributed by atoms with Gasteiger partial charge in [0.1, 0.15) is 11.6 Å². The van der Waals surface area contributed by atoms with Crippen LogP contribution < -0.4 is 11.1 Å². The van der Waals surface area contributed by atoms with Crippen molar-refractivity contribution in [3.8, 4) is 0 Å². The first kappa shape index (κ1) is 25.6. The standard InChI is InChI=1S/C24H42N2O5/c1-22(2,3)31-21(29)24(6)13-12-17(23(24,4)5)19(27)26-18(20(28)30-7)14-15-8-10-16(25)11-9-15/h15-18H,8-14,25H2,1-7H3,(H,26,27)/t15?,16?,17-,18-,24+/m1/s1. The van der Waals surface area contributed by atoms with Gasteiger partial charge in [0, 0.05) is 12.0 Å². The summed E-state index contributed by atoms with van der Waals surface area (Å²) < 4.78 is 10.7. The average molecular weight is 439 g/mol. The number of amides is 1. The molecular weight excluding hydrogens is 396 g/mol. The molecule has 0 aromatic heterocycles. The molecule has 1 amide bonds. The van der Waals surface area contributed by atoms with Crippen LogP contribution in [0.5, 0.6) is 0 Å². The number of nitrogens with one attached hydrogen (secondary N) is 1. The number of esters is 2. The van der Waals surface area contributed by atoms with Crippen LogP contribution in [0.2, 0.25) is 0 Å². The van der Waals surface area contributed by atoms with E-state index >= 15 is 0 Å². The van der Waals surface area contributed by atoms with Crippen molar-refractivity contribution in [3.05, 3.63) is 0 Å². The molecular formula is C24H42N2O5. The van der Waals surface area contributed by atoms with E-state index in [0.717, 1.165) is 25.7 Å². The van der Waals surface area contributed by atoms with Gasteiger partial charge in [-0.05, 0) is 84.0 Å². The molecule has 0 aliphatic heterocycles. The van der Waals surface area contributed by atoms with Gasteiger partial charge in [-0.25, -0.2) is 4.79 Å². The lowest BCUT2D eigenvalue weighted by molar-refractivity contribution is -0.173. The summed E-state index contributed by atoms with van der Waals surface area (Å²) in [6, 6.07) is -0.451. The van der Waals surface area contributed by atoms with Gasteiger partial charge in [-0.3, -0.25) is 9.59 Å². The first-order chi connectivity index (χ1) is 14.2. The SMILES string of the molecule is COC(=O)[C@@H](CC1CCC(N)CC1)NC(=O)[C@H]1CC[C@@](C)(C(=O)OC(C)(C)C)C1(C)C. The van der Waals surface area contributed by atoms with Crippen molar-refractivity contribution < 1.29 is 23.9 Å². The Morgan fingerprint density at radius 3 is 2.16 bits per heavy atom. The van der Waals surface area contributed by atoms with Crippen LogP contribution in [0.15, 0.2) is 0 Å². The molecule has 178 valence electrons. The lowest BCUT2D eigenvalue weighted by Gasteiger charge is -2.40. The summed E-state index contributed by atoms with van der Waals surface area (Å²) in [7, 11) is 1.34. The average Bonchev–Trinajstić information content (AvgIpc) is 2.91. The van der Waals surface area contributed by atoms with E-state index < -0.39 is 34.4 Å². The molecule has 2 fully saturated rings. The van der Waals surface area contributed by atoms with Gasteiger partial charge in [0.05, 0.1) is 12.5 Å². The lowest BCUT2D eigenvalue weighted by atomic mass is 9.65. The van der Waals surface area contributed by atoms with Crippen molar-refractivity contribution in [1.82, 2.24) is 5.32 Å². The lowest BCUT2D eigenvalue weighted by Crippen LogP contribution is -2.51. The number of carbonyl (C=O) groups is 3. The van der Waals surface area contributed by atoms with E-state index in [-0.39, 0.29) is 17.9 Å². The maximum atomic E-state index is 13.3. The number of methoxy groups -OCH3 is 1. The molecule has 0 spiro atoms. The van der Waals surface area contributed by atoms with Crippen molar-refractivity contribution in [2.75, 3.05) is 7.11 Å². The van der Waals surface area contributed by atoms with Gasteiger partial charge in [-0.2, -0.15) is 0 Å². The van der Waals surface area contributed by atoms with Gasteiger partial charge >= 0.3 is 11.9 Å². The van der Waals surface area contributed by atoms with E-state index in [1.165, 1.54) is 7.11 Å². The monoisotopic (exact) mass is 438 g/mol. The molecule has 0 unspecified atom stereocenters. The van der Waals surface area contributed by atoms with Gasteiger partial charge in [0.15, 0.2) is 0 Å². The molecule has 0 heterocycles. The molecule has 2 rings (SSSR count). The Hall–Kier alpha value is -1.63. The van der Waals surface area contributed by atoms with Crippen molar-refractivity contribution in [3.63, 3.8) is 0 Å². The van der Waals surface area contributed by atoms with E-state index in [4.69, 9.17) is 15.2 Å². The van der Waals surface area contributed by atoms with E-state index in [1.807, 2.05) is 41.5 Å². The van der Waals surface area contributed by atoms with Crippen LogP contribution >= 0.6 is 0 Å². The number of nitrogens with two attached hydrogens (primary N) is 1. The third kappa shape index (κ3) is 5.79.